The number of hydrogen-bond donors (Lipinski definition) is 1. The minimum absolute atomic E-state index is 0.0288. The number of ether oxygens (including phenoxy) is 1. The molecule has 2 aromatic rings. The van der Waals surface area contributed by atoms with Crippen molar-refractivity contribution in [1.29, 1.82) is 0 Å². The van der Waals surface area contributed by atoms with Gasteiger partial charge in [-0.1, -0.05) is 23.8 Å². The topological polar surface area (TPSA) is 58.6 Å². The Hall–Kier alpha value is -2.47. The quantitative estimate of drug-likeness (QED) is 0.720. The van der Waals surface area contributed by atoms with E-state index in [-0.39, 0.29) is 18.4 Å². The molecule has 0 spiro atoms. The van der Waals surface area contributed by atoms with Gasteiger partial charge in [0.05, 0.1) is 19.4 Å². The summed E-state index contributed by atoms with van der Waals surface area (Å²) in [4.78, 5) is 27.2. The molecule has 0 aliphatic heterocycles. The molecule has 2 amide bonds. The van der Waals surface area contributed by atoms with Crippen molar-refractivity contribution in [2.45, 2.75) is 18.7 Å². The molecule has 2 rings (SSSR count). The van der Waals surface area contributed by atoms with Crippen LogP contribution in [0.5, 0.6) is 5.75 Å². The molecular formula is C20H24N2O3S. The smallest absolute Gasteiger partial charge is 0.243 e. The molecule has 26 heavy (non-hydrogen) atoms. The molecule has 6 heteroatoms. The molecule has 2 aromatic carbocycles. The zero-order valence-electron chi connectivity index (χ0n) is 15.3. The van der Waals surface area contributed by atoms with E-state index in [0.717, 1.165) is 4.90 Å². The Labute approximate surface area is 158 Å². The van der Waals surface area contributed by atoms with Crippen LogP contribution < -0.4 is 10.1 Å². The Morgan fingerprint density at radius 1 is 1.15 bits per heavy atom. The van der Waals surface area contributed by atoms with Crippen LogP contribution in [0.1, 0.15) is 12.5 Å². The first-order valence-electron chi connectivity index (χ1n) is 8.43. The molecule has 0 fully saturated rings. The van der Waals surface area contributed by atoms with Crippen LogP contribution in [0.3, 0.4) is 0 Å². The Bertz CT molecular complexity index is 747. The lowest BCUT2D eigenvalue weighted by atomic mass is 10.2. The van der Waals surface area contributed by atoms with Crippen molar-refractivity contribution in [3.8, 4) is 5.75 Å². The number of benzene rings is 2. The number of carbonyl (C=O) groups is 2. The predicted octanol–water partition coefficient (Wildman–Crippen LogP) is 3.58. The first-order valence-corrected chi connectivity index (χ1v) is 9.41. The number of thioether (sulfide) groups is 1. The van der Waals surface area contributed by atoms with Crippen LogP contribution >= 0.6 is 11.8 Å². The van der Waals surface area contributed by atoms with Gasteiger partial charge in [0, 0.05) is 23.2 Å². The number of hydrogen-bond acceptors (Lipinski definition) is 4. The third-order valence-electron chi connectivity index (χ3n) is 3.81. The lowest BCUT2D eigenvalue weighted by Gasteiger charge is -2.20. The Morgan fingerprint density at radius 2 is 1.88 bits per heavy atom. The van der Waals surface area contributed by atoms with Gasteiger partial charge in [-0.15, -0.1) is 11.8 Å². The number of methoxy groups -OCH3 is 1. The largest absolute Gasteiger partial charge is 0.497 e. The molecular weight excluding hydrogens is 348 g/mol. The van der Waals surface area contributed by atoms with Gasteiger partial charge >= 0.3 is 0 Å². The first kappa shape index (κ1) is 19.8. The maximum absolute atomic E-state index is 12.4. The molecule has 0 bridgehead atoms. The summed E-state index contributed by atoms with van der Waals surface area (Å²) < 4.78 is 5.14. The van der Waals surface area contributed by atoms with Gasteiger partial charge in [0.2, 0.25) is 11.8 Å². The minimum atomic E-state index is -0.228. The van der Waals surface area contributed by atoms with E-state index in [4.69, 9.17) is 4.74 Å². The van der Waals surface area contributed by atoms with E-state index in [1.165, 1.54) is 17.3 Å². The maximum Gasteiger partial charge on any atom is 0.243 e. The lowest BCUT2D eigenvalue weighted by Crippen LogP contribution is -2.38. The average molecular weight is 372 g/mol. The summed E-state index contributed by atoms with van der Waals surface area (Å²) in [7, 11) is 1.57. The fourth-order valence-electron chi connectivity index (χ4n) is 2.32. The summed E-state index contributed by atoms with van der Waals surface area (Å²) >= 11 is 1.48. The molecule has 0 atom stereocenters. The fourth-order valence-corrected chi connectivity index (χ4v) is 3.12. The summed E-state index contributed by atoms with van der Waals surface area (Å²) in [6, 6.07) is 15.2. The van der Waals surface area contributed by atoms with Crippen LogP contribution in [0, 0.1) is 6.92 Å². The first-order chi connectivity index (χ1) is 12.5. The third-order valence-corrected chi connectivity index (χ3v) is 4.80. The van der Waals surface area contributed by atoms with Crippen molar-refractivity contribution in [2.24, 2.45) is 0 Å². The number of amides is 2. The van der Waals surface area contributed by atoms with Crippen molar-refractivity contribution in [1.82, 2.24) is 4.90 Å². The number of aryl methyl sites for hydroxylation is 1. The molecule has 0 saturated heterocycles. The second-order valence-corrected chi connectivity index (χ2v) is 6.84. The normalized spacial score (nSPS) is 10.3. The summed E-state index contributed by atoms with van der Waals surface area (Å²) in [6.45, 7) is 4.41. The second kappa shape index (κ2) is 9.87. The van der Waals surface area contributed by atoms with E-state index in [9.17, 15) is 9.59 Å². The van der Waals surface area contributed by atoms with Crippen molar-refractivity contribution in [3.63, 3.8) is 0 Å². The monoisotopic (exact) mass is 372 g/mol. The number of nitrogens with zero attached hydrogens (tertiary/aromatic N) is 1. The Balaban J connectivity index is 1.87. The molecule has 138 valence electrons. The van der Waals surface area contributed by atoms with Crippen LogP contribution in [-0.2, 0) is 9.59 Å². The average Bonchev–Trinajstić information content (AvgIpc) is 2.65. The van der Waals surface area contributed by atoms with Gasteiger partial charge in [-0.25, -0.2) is 0 Å². The highest BCUT2D eigenvalue weighted by Crippen LogP contribution is 2.19. The van der Waals surface area contributed by atoms with Crippen LogP contribution in [-0.4, -0.2) is 42.7 Å². The van der Waals surface area contributed by atoms with Crippen LogP contribution in [0.25, 0.3) is 0 Å². The van der Waals surface area contributed by atoms with Gasteiger partial charge in [-0.2, -0.15) is 0 Å². The van der Waals surface area contributed by atoms with Gasteiger partial charge in [0.1, 0.15) is 5.75 Å². The zero-order chi connectivity index (χ0) is 18.9. The van der Waals surface area contributed by atoms with Crippen LogP contribution in [0.2, 0.25) is 0 Å². The second-order valence-electron chi connectivity index (χ2n) is 5.79. The van der Waals surface area contributed by atoms with E-state index in [1.54, 1.807) is 36.3 Å². The van der Waals surface area contributed by atoms with Gasteiger partial charge in [0.15, 0.2) is 0 Å². The molecule has 0 unspecified atom stereocenters. The molecule has 5 nitrogen and oxygen atoms in total. The molecule has 0 radical (unpaired) electrons. The SMILES string of the molecule is CCN(CC(=O)Nc1cccc(OC)c1)C(=O)CSc1ccc(C)cc1. The molecule has 0 saturated carbocycles. The van der Waals surface area contributed by atoms with Crippen LogP contribution in [0.15, 0.2) is 53.4 Å². The van der Waals surface area contributed by atoms with Gasteiger partial charge < -0.3 is 15.0 Å². The standard InChI is InChI=1S/C20H24N2O3S/c1-4-22(20(24)14-26-18-10-8-15(2)9-11-18)13-19(23)21-16-6-5-7-17(12-16)25-3/h5-12H,4,13-14H2,1-3H3,(H,21,23). The van der Waals surface area contributed by atoms with E-state index in [2.05, 4.69) is 5.32 Å². The minimum Gasteiger partial charge on any atom is -0.497 e. The lowest BCUT2D eigenvalue weighted by molar-refractivity contribution is -0.132. The van der Waals surface area contributed by atoms with Gasteiger partial charge in [-0.3, -0.25) is 9.59 Å². The molecule has 0 aromatic heterocycles. The third kappa shape index (κ3) is 6.11. The van der Waals surface area contributed by atoms with E-state index in [0.29, 0.717) is 23.7 Å². The molecule has 0 aliphatic rings. The van der Waals surface area contributed by atoms with E-state index >= 15 is 0 Å². The van der Waals surface area contributed by atoms with Crippen molar-refractivity contribution in [2.75, 3.05) is 31.3 Å². The summed E-state index contributed by atoms with van der Waals surface area (Å²) in [6.07, 6.45) is 0. The Morgan fingerprint density at radius 3 is 2.54 bits per heavy atom. The summed E-state index contributed by atoms with van der Waals surface area (Å²) in [5.41, 5.74) is 1.83. The molecule has 0 heterocycles. The van der Waals surface area contributed by atoms with Gasteiger partial charge in [0.25, 0.3) is 0 Å². The number of rotatable bonds is 8. The highest BCUT2D eigenvalue weighted by atomic mass is 32.2. The highest BCUT2D eigenvalue weighted by Gasteiger charge is 2.16. The fraction of sp³-hybridized carbons (Fsp3) is 0.300. The predicted molar refractivity (Wildman–Crippen MR) is 106 cm³/mol. The number of carbonyl (C=O) groups excluding carboxylic acids is 2. The number of likely N-dealkylation sites (N-methyl/N-ethyl adjacent to an activating group) is 1. The molecule has 0 aliphatic carbocycles. The maximum atomic E-state index is 12.4. The zero-order valence-corrected chi connectivity index (χ0v) is 16.1. The Kier molecular flexibility index (Phi) is 7.53. The number of nitrogens with one attached hydrogen (secondary N) is 1. The summed E-state index contributed by atoms with van der Waals surface area (Å²) in [5, 5.41) is 2.80. The van der Waals surface area contributed by atoms with Crippen molar-refractivity contribution >= 4 is 29.3 Å². The highest BCUT2D eigenvalue weighted by molar-refractivity contribution is 8.00. The van der Waals surface area contributed by atoms with Crippen molar-refractivity contribution in [3.05, 3.63) is 54.1 Å². The number of anilines is 1. The van der Waals surface area contributed by atoms with E-state index in [1.807, 2.05) is 38.1 Å². The van der Waals surface area contributed by atoms with Crippen LogP contribution in [0.4, 0.5) is 5.69 Å². The summed E-state index contributed by atoms with van der Waals surface area (Å²) in [5.74, 6) is 0.692. The van der Waals surface area contributed by atoms with E-state index < -0.39 is 0 Å². The molecule has 1 N–H and O–H groups in total. The van der Waals surface area contributed by atoms with Gasteiger partial charge in [-0.05, 0) is 38.1 Å². The van der Waals surface area contributed by atoms with Crippen molar-refractivity contribution < 1.29 is 14.3 Å².